The smallest absolute Gasteiger partial charge is 0.0825 e. The molecular formula is C14H20Cl2N2. The van der Waals surface area contributed by atoms with Gasteiger partial charge in [0.1, 0.15) is 0 Å². The summed E-state index contributed by atoms with van der Waals surface area (Å²) in [5, 5.41) is 4.86. The van der Waals surface area contributed by atoms with Crippen LogP contribution in [0.3, 0.4) is 0 Å². The van der Waals surface area contributed by atoms with Gasteiger partial charge in [0.15, 0.2) is 0 Å². The summed E-state index contributed by atoms with van der Waals surface area (Å²) in [6.45, 7) is 9.68. The van der Waals surface area contributed by atoms with Crippen molar-refractivity contribution >= 4 is 28.9 Å². The van der Waals surface area contributed by atoms with Crippen LogP contribution in [0, 0.1) is 5.41 Å². The van der Waals surface area contributed by atoms with Crippen molar-refractivity contribution in [2.75, 3.05) is 24.5 Å². The zero-order valence-electron chi connectivity index (χ0n) is 11.1. The quantitative estimate of drug-likeness (QED) is 0.844. The summed E-state index contributed by atoms with van der Waals surface area (Å²) in [6, 6.07) is 6.29. The van der Waals surface area contributed by atoms with E-state index >= 15 is 0 Å². The van der Waals surface area contributed by atoms with Gasteiger partial charge in [-0.2, -0.15) is 0 Å². The van der Waals surface area contributed by atoms with Crippen molar-refractivity contribution in [3.63, 3.8) is 0 Å². The minimum Gasteiger partial charge on any atom is -0.367 e. The van der Waals surface area contributed by atoms with Crippen LogP contribution >= 0.6 is 23.2 Å². The Balaban J connectivity index is 2.21. The number of hydrogen-bond acceptors (Lipinski definition) is 2. The summed E-state index contributed by atoms with van der Waals surface area (Å²) in [5.41, 5.74) is 1.28. The zero-order valence-corrected chi connectivity index (χ0v) is 12.6. The third-order valence-corrected chi connectivity index (χ3v) is 4.30. The molecule has 100 valence electrons. The van der Waals surface area contributed by atoms with Crippen LogP contribution in [0.5, 0.6) is 0 Å². The standard InChI is InChI=1S/C14H20Cl2N2/c1-14(2,3)12-9-18(8-7-17-12)11-6-4-5-10(15)13(11)16/h4-6,12,17H,7-9H2,1-3H3. The fourth-order valence-corrected chi connectivity index (χ4v) is 2.70. The molecule has 0 amide bonds. The van der Waals surface area contributed by atoms with E-state index in [-0.39, 0.29) is 5.41 Å². The molecule has 0 spiro atoms. The number of halogens is 2. The Morgan fingerprint density at radius 1 is 1.28 bits per heavy atom. The molecule has 18 heavy (non-hydrogen) atoms. The molecule has 1 atom stereocenters. The van der Waals surface area contributed by atoms with Crippen LogP contribution in [0.1, 0.15) is 20.8 Å². The van der Waals surface area contributed by atoms with E-state index in [0.717, 1.165) is 25.3 Å². The van der Waals surface area contributed by atoms with Crippen LogP contribution in [0.2, 0.25) is 10.0 Å². The van der Waals surface area contributed by atoms with Crippen LogP contribution in [0.4, 0.5) is 5.69 Å². The molecule has 1 heterocycles. The van der Waals surface area contributed by atoms with Crippen LogP contribution in [0.15, 0.2) is 18.2 Å². The van der Waals surface area contributed by atoms with E-state index in [4.69, 9.17) is 23.2 Å². The molecule has 1 aliphatic rings. The maximum atomic E-state index is 6.29. The molecule has 2 rings (SSSR count). The predicted octanol–water partition coefficient (Wildman–Crippen LogP) is 3.82. The number of piperazine rings is 1. The molecule has 1 saturated heterocycles. The average Bonchev–Trinajstić information content (AvgIpc) is 2.32. The highest BCUT2D eigenvalue weighted by Crippen LogP contribution is 2.34. The lowest BCUT2D eigenvalue weighted by Crippen LogP contribution is -2.56. The highest BCUT2D eigenvalue weighted by molar-refractivity contribution is 6.43. The second-order valence-corrected chi connectivity index (χ2v) is 6.68. The third-order valence-electron chi connectivity index (χ3n) is 3.49. The second-order valence-electron chi connectivity index (χ2n) is 5.89. The van der Waals surface area contributed by atoms with Gasteiger partial charge in [0, 0.05) is 25.7 Å². The van der Waals surface area contributed by atoms with Gasteiger partial charge in [-0.1, -0.05) is 50.0 Å². The Labute approximate surface area is 119 Å². The topological polar surface area (TPSA) is 15.3 Å². The van der Waals surface area contributed by atoms with Crippen LogP contribution in [-0.2, 0) is 0 Å². The average molecular weight is 287 g/mol. The minimum atomic E-state index is 0.240. The van der Waals surface area contributed by atoms with Gasteiger partial charge in [-0.05, 0) is 17.5 Å². The van der Waals surface area contributed by atoms with Gasteiger partial charge in [0.2, 0.25) is 0 Å². The molecule has 0 saturated carbocycles. The Kier molecular flexibility index (Phi) is 4.10. The molecule has 1 fully saturated rings. The van der Waals surface area contributed by atoms with Crippen LogP contribution < -0.4 is 10.2 Å². The summed E-state index contributed by atoms with van der Waals surface area (Å²) in [6.07, 6.45) is 0. The largest absolute Gasteiger partial charge is 0.367 e. The molecule has 0 aromatic heterocycles. The van der Waals surface area contributed by atoms with Gasteiger partial charge in [-0.3, -0.25) is 0 Å². The molecule has 1 aromatic carbocycles. The first-order valence-electron chi connectivity index (χ1n) is 6.32. The molecular weight excluding hydrogens is 267 g/mol. The van der Waals surface area contributed by atoms with Gasteiger partial charge >= 0.3 is 0 Å². The third kappa shape index (κ3) is 2.93. The van der Waals surface area contributed by atoms with Crippen molar-refractivity contribution in [2.45, 2.75) is 26.8 Å². The lowest BCUT2D eigenvalue weighted by Gasteiger charge is -2.41. The van der Waals surface area contributed by atoms with E-state index in [9.17, 15) is 0 Å². The van der Waals surface area contributed by atoms with Gasteiger partial charge in [0.25, 0.3) is 0 Å². The maximum absolute atomic E-state index is 6.29. The van der Waals surface area contributed by atoms with Crippen molar-refractivity contribution in [1.29, 1.82) is 0 Å². The van der Waals surface area contributed by atoms with Gasteiger partial charge < -0.3 is 10.2 Å². The lowest BCUT2D eigenvalue weighted by atomic mass is 9.85. The molecule has 1 N–H and O–H groups in total. The summed E-state index contributed by atoms with van der Waals surface area (Å²) in [5.74, 6) is 0. The number of hydrogen-bond donors (Lipinski definition) is 1. The first-order valence-corrected chi connectivity index (χ1v) is 7.07. The minimum absolute atomic E-state index is 0.240. The summed E-state index contributed by atoms with van der Waals surface area (Å²) >= 11 is 12.4. The van der Waals surface area contributed by atoms with Crippen molar-refractivity contribution in [3.8, 4) is 0 Å². The molecule has 0 bridgehead atoms. The number of rotatable bonds is 1. The molecule has 1 unspecified atom stereocenters. The number of nitrogens with one attached hydrogen (secondary N) is 1. The van der Waals surface area contributed by atoms with Crippen LogP contribution in [-0.4, -0.2) is 25.7 Å². The van der Waals surface area contributed by atoms with E-state index < -0.39 is 0 Å². The predicted molar refractivity (Wildman–Crippen MR) is 79.9 cm³/mol. The molecule has 0 radical (unpaired) electrons. The Bertz CT molecular complexity index is 426. The van der Waals surface area contributed by atoms with Crippen molar-refractivity contribution < 1.29 is 0 Å². The van der Waals surface area contributed by atoms with Crippen molar-refractivity contribution in [2.24, 2.45) is 5.41 Å². The SMILES string of the molecule is CC(C)(C)C1CN(c2cccc(Cl)c2Cl)CCN1. The Morgan fingerprint density at radius 2 is 2.00 bits per heavy atom. The number of anilines is 1. The van der Waals surface area contributed by atoms with E-state index in [1.54, 1.807) is 0 Å². The van der Waals surface area contributed by atoms with E-state index in [1.807, 2.05) is 18.2 Å². The summed E-state index contributed by atoms with van der Waals surface area (Å²) in [7, 11) is 0. The monoisotopic (exact) mass is 286 g/mol. The molecule has 0 aliphatic carbocycles. The molecule has 4 heteroatoms. The van der Waals surface area contributed by atoms with Crippen molar-refractivity contribution in [3.05, 3.63) is 28.2 Å². The lowest BCUT2D eigenvalue weighted by molar-refractivity contribution is 0.254. The fraction of sp³-hybridized carbons (Fsp3) is 0.571. The molecule has 1 aromatic rings. The highest BCUT2D eigenvalue weighted by atomic mass is 35.5. The van der Waals surface area contributed by atoms with E-state index in [2.05, 4.69) is 31.0 Å². The van der Waals surface area contributed by atoms with Gasteiger partial charge in [-0.25, -0.2) is 0 Å². The Morgan fingerprint density at radius 3 is 2.67 bits per heavy atom. The number of benzene rings is 1. The van der Waals surface area contributed by atoms with E-state index in [0.29, 0.717) is 16.1 Å². The summed E-state index contributed by atoms with van der Waals surface area (Å²) < 4.78 is 0. The maximum Gasteiger partial charge on any atom is 0.0825 e. The Hall–Kier alpha value is -0.440. The first-order chi connectivity index (χ1) is 8.39. The van der Waals surface area contributed by atoms with Crippen LogP contribution in [0.25, 0.3) is 0 Å². The highest BCUT2D eigenvalue weighted by Gasteiger charge is 2.30. The van der Waals surface area contributed by atoms with Gasteiger partial charge in [0.05, 0.1) is 15.7 Å². The normalized spacial score (nSPS) is 21.2. The fourth-order valence-electron chi connectivity index (χ4n) is 2.29. The second kappa shape index (κ2) is 5.28. The van der Waals surface area contributed by atoms with E-state index in [1.165, 1.54) is 0 Å². The zero-order chi connectivity index (χ0) is 13.3. The summed E-state index contributed by atoms with van der Waals surface area (Å²) in [4.78, 5) is 2.32. The molecule has 2 nitrogen and oxygen atoms in total. The number of nitrogens with zero attached hydrogens (tertiary/aromatic N) is 1. The van der Waals surface area contributed by atoms with Crippen molar-refractivity contribution in [1.82, 2.24) is 5.32 Å². The molecule has 1 aliphatic heterocycles. The first kappa shape index (κ1) is 14.0. The van der Waals surface area contributed by atoms with Gasteiger partial charge in [-0.15, -0.1) is 0 Å².